The number of carbonyl (C=O) groups is 1. The Kier molecular flexibility index (Phi) is 4.98. The van der Waals surface area contributed by atoms with Crippen molar-refractivity contribution in [1.82, 2.24) is 0 Å². The predicted molar refractivity (Wildman–Crippen MR) is 109 cm³/mol. The first-order chi connectivity index (χ1) is 13.0. The molecule has 0 aromatic heterocycles. The van der Waals surface area contributed by atoms with E-state index in [1.165, 1.54) is 5.39 Å². The number of benzene rings is 3. The highest BCUT2D eigenvalue weighted by atomic mass is 16.7. The number of rotatable bonds is 5. The zero-order valence-electron chi connectivity index (χ0n) is 16.0. The molecular weight excluding hydrogens is 336 g/mol. The van der Waals surface area contributed by atoms with E-state index in [2.05, 4.69) is 32.0 Å². The highest BCUT2D eigenvalue weighted by molar-refractivity contribution is 6.17. The monoisotopic (exact) mass is 362 g/mol. The van der Waals surface area contributed by atoms with E-state index in [9.17, 15) is 4.79 Å². The first kappa shape index (κ1) is 18.1. The van der Waals surface area contributed by atoms with Crippen molar-refractivity contribution in [2.75, 3.05) is 13.2 Å². The molecule has 0 unspecified atom stereocenters. The number of carbonyl (C=O) groups excluding carboxylic acids is 1. The highest BCUT2D eigenvalue weighted by Gasteiger charge is 2.28. The Hall–Kier alpha value is -2.23. The van der Waals surface area contributed by atoms with E-state index in [4.69, 9.17) is 9.47 Å². The topological polar surface area (TPSA) is 35.5 Å². The number of Topliss-reactive ketones (excluding diaryl/α,β-unsaturated/α-hetero) is 1. The first-order valence-electron chi connectivity index (χ1n) is 9.70. The molecule has 140 valence electrons. The fraction of sp³-hybridized carbons (Fsp3) is 0.375. The van der Waals surface area contributed by atoms with Gasteiger partial charge in [0.15, 0.2) is 12.1 Å². The fourth-order valence-electron chi connectivity index (χ4n) is 3.74. The first-order valence-corrected chi connectivity index (χ1v) is 9.70. The number of ether oxygens (including phenoxy) is 2. The number of fused-ring (bicyclic) bond motifs is 3. The fourth-order valence-corrected chi connectivity index (χ4v) is 3.74. The minimum absolute atomic E-state index is 0.0797. The lowest BCUT2D eigenvalue weighted by molar-refractivity contribution is -0.223. The minimum atomic E-state index is -0.181. The summed E-state index contributed by atoms with van der Waals surface area (Å²) < 4.78 is 11.6. The van der Waals surface area contributed by atoms with E-state index in [0.29, 0.717) is 19.6 Å². The van der Waals surface area contributed by atoms with E-state index in [1.54, 1.807) is 0 Å². The van der Waals surface area contributed by atoms with Gasteiger partial charge in [-0.3, -0.25) is 4.79 Å². The van der Waals surface area contributed by atoms with Crippen LogP contribution in [0.15, 0.2) is 54.6 Å². The zero-order chi connectivity index (χ0) is 18.9. The third-order valence-electron chi connectivity index (χ3n) is 5.23. The van der Waals surface area contributed by atoms with Gasteiger partial charge in [-0.25, -0.2) is 0 Å². The van der Waals surface area contributed by atoms with Gasteiger partial charge in [-0.05, 0) is 40.5 Å². The average molecular weight is 362 g/mol. The Balaban J connectivity index is 1.49. The van der Waals surface area contributed by atoms with Crippen molar-refractivity contribution in [3.05, 3.63) is 60.2 Å². The van der Waals surface area contributed by atoms with Crippen molar-refractivity contribution in [2.24, 2.45) is 5.41 Å². The molecule has 0 aliphatic carbocycles. The number of hydrogen-bond acceptors (Lipinski definition) is 3. The summed E-state index contributed by atoms with van der Waals surface area (Å²) in [7, 11) is 0. The van der Waals surface area contributed by atoms with Crippen molar-refractivity contribution in [1.29, 1.82) is 0 Å². The predicted octanol–water partition coefficient (Wildman–Crippen LogP) is 5.75. The van der Waals surface area contributed by atoms with E-state index < -0.39 is 0 Å². The summed E-state index contributed by atoms with van der Waals surface area (Å²) in [6.45, 7) is 5.69. The van der Waals surface area contributed by atoms with Crippen molar-refractivity contribution < 1.29 is 14.3 Å². The van der Waals surface area contributed by atoms with Crippen molar-refractivity contribution >= 4 is 27.3 Å². The Morgan fingerprint density at radius 1 is 0.963 bits per heavy atom. The molecule has 3 nitrogen and oxygen atoms in total. The Morgan fingerprint density at radius 2 is 1.59 bits per heavy atom. The normalized spacial score (nSPS) is 17.4. The van der Waals surface area contributed by atoms with Gasteiger partial charge in [0.1, 0.15) is 0 Å². The SMILES string of the molecule is CC1(C)COC(CCCC(=O)c2cc3ccccc3c3ccccc23)OC1. The third-order valence-corrected chi connectivity index (χ3v) is 5.23. The van der Waals surface area contributed by atoms with Gasteiger partial charge in [-0.2, -0.15) is 0 Å². The molecule has 4 rings (SSSR count). The molecule has 3 aromatic carbocycles. The van der Waals surface area contributed by atoms with Crippen LogP contribution in [-0.2, 0) is 9.47 Å². The van der Waals surface area contributed by atoms with Gasteiger partial charge in [0.25, 0.3) is 0 Å². The Labute approximate surface area is 160 Å². The highest BCUT2D eigenvalue weighted by Crippen LogP contribution is 2.30. The molecule has 3 aromatic rings. The smallest absolute Gasteiger partial charge is 0.163 e. The van der Waals surface area contributed by atoms with E-state index in [1.807, 2.05) is 36.4 Å². The summed E-state index contributed by atoms with van der Waals surface area (Å²) in [5.74, 6) is 0.188. The standard InChI is InChI=1S/C24H26O3/c1-24(2)15-26-23(27-16-24)13-7-12-22(25)21-14-17-8-3-4-9-18(17)19-10-5-6-11-20(19)21/h3-6,8-11,14,23H,7,12-13,15-16H2,1-2H3. The summed E-state index contributed by atoms with van der Waals surface area (Å²) in [5.41, 5.74) is 0.895. The molecule has 0 radical (unpaired) electrons. The average Bonchev–Trinajstić information content (AvgIpc) is 2.68. The molecular formula is C24H26O3. The number of hydrogen-bond donors (Lipinski definition) is 0. The molecule has 0 spiro atoms. The zero-order valence-corrected chi connectivity index (χ0v) is 16.0. The maximum atomic E-state index is 13.0. The third kappa shape index (κ3) is 3.90. The van der Waals surface area contributed by atoms with Crippen LogP contribution in [-0.4, -0.2) is 25.3 Å². The van der Waals surface area contributed by atoms with Crippen LogP contribution in [0.5, 0.6) is 0 Å². The van der Waals surface area contributed by atoms with E-state index in [0.717, 1.165) is 34.6 Å². The van der Waals surface area contributed by atoms with E-state index >= 15 is 0 Å². The summed E-state index contributed by atoms with van der Waals surface area (Å²) in [6.07, 6.45) is 1.85. The summed E-state index contributed by atoms with van der Waals surface area (Å²) in [6, 6.07) is 18.5. The maximum Gasteiger partial charge on any atom is 0.163 e. The minimum Gasteiger partial charge on any atom is -0.352 e. The van der Waals surface area contributed by atoms with Crippen molar-refractivity contribution in [2.45, 2.75) is 39.4 Å². The van der Waals surface area contributed by atoms with E-state index in [-0.39, 0.29) is 17.5 Å². The van der Waals surface area contributed by atoms with Gasteiger partial charge in [0, 0.05) is 17.4 Å². The lowest BCUT2D eigenvalue weighted by Gasteiger charge is -2.34. The van der Waals surface area contributed by atoms with Crippen LogP contribution < -0.4 is 0 Å². The van der Waals surface area contributed by atoms with Crippen LogP contribution in [0.4, 0.5) is 0 Å². The van der Waals surface area contributed by atoms with Gasteiger partial charge < -0.3 is 9.47 Å². The van der Waals surface area contributed by atoms with Crippen molar-refractivity contribution in [3.63, 3.8) is 0 Å². The van der Waals surface area contributed by atoms with Crippen LogP contribution in [0.25, 0.3) is 21.5 Å². The van der Waals surface area contributed by atoms with Crippen LogP contribution in [0.1, 0.15) is 43.5 Å². The molecule has 0 N–H and O–H groups in total. The van der Waals surface area contributed by atoms with Gasteiger partial charge in [-0.15, -0.1) is 0 Å². The van der Waals surface area contributed by atoms with Crippen LogP contribution in [0.3, 0.4) is 0 Å². The molecule has 3 heteroatoms. The molecule has 1 heterocycles. The molecule has 1 aliphatic rings. The summed E-state index contributed by atoms with van der Waals surface area (Å²) >= 11 is 0. The Bertz CT molecular complexity index is 964. The van der Waals surface area contributed by atoms with Crippen molar-refractivity contribution in [3.8, 4) is 0 Å². The maximum absolute atomic E-state index is 13.0. The lowest BCUT2D eigenvalue weighted by atomic mass is 9.93. The second-order valence-corrected chi connectivity index (χ2v) is 8.22. The second-order valence-electron chi connectivity index (χ2n) is 8.22. The van der Waals surface area contributed by atoms with Crippen LogP contribution in [0.2, 0.25) is 0 Å². The second kappa shape index (κ2) is 7.41. The molecule has 0 amide bonds. The Morgan fingerprint density at radius 3 is 2.33 bits per heavy atom. The summed E-state index contributed by atoms with van der Waals surface area (Å²) in [5, 5.41) is 4.48. The largest absolute Gasteiger partial charge is 0.352 e. The summed E-state index contributed by atoms with van der Waals surface area (Å²) in [4.78, 5) is 13.0. The molecule has 1 fully saturated rings. The van der Waals surface area contributed by atoms with Gasteiger partial charge in [0.2, 0.25) is 0 Å². The number of ketones is 1. The van der Waals surface area contributed by atoms with Crippen LogP contribution >= 0.6 is 0 Å². The quantitative estimate of drug-likeness (QED) is 0.428. The molecule has 0 bridgehead atoms. The molecule has 0 saturated carbocycles. The molecule has 27 heavy (non-hydrogen) atoms. The molecule has 1 saturated heterocycles. The molecule has 0 atom stereocenters. The molecule has 1 aliphatic heterocycles. The van der Waals surface area contributed by atoms with Gasteiger partial charge >= 0.3 is 0 Å². The van der Waals surface area contributed by atoms with Crippen LogP contribution in [0, 0.1) is 5.41 Å². The lowest BCUT2D eigenvalue weighted by Crippen LogP contribution is -2.37. The van der Waals surface area contributed by atoms with Gasteiger partial charge in [0.05, 0.1) is 13.2 Å². The van der Waals surface area contributed by atoms with Gasteiger partial charge in [-0.1, -0.05) is 62.4 Å².